The highest BCUT2D eigenvalue weighted by molar-refractivity contribution is 5.28. The molecule has 2 rings (SSSR count). The molecule has 0 aromatic heterocycles. The van der Waals surface area contributed by atoms with Gasteiger partial charge < -0.3 is 5.11 Å². The maximum atomic E-state index is 10.2. The van der Waals surface area contributed by atoms with Gasteiger partial charge in [-0.3, -0.25) is 0 Å². The van der Waals surface area contributed by atoms with Gasteiger partial charge in [0.25, 0.3) is 0 Å². The van der Waals surface area contributed by atoms with Crippen LogP contribution in [0.5, 0.6) is 0 Å². The first-order valence-electron chi connectivity index (χ1n) is 7.89. The standard InChI is InChI=1S/C18H28O/c1-14-10-15(2)12-17(11-14)13-18(19)9-8-16-6-4-3-5-7-16/h10-12,16,18-19H,3-9,13H2,1-2H3. The second kappa shape index (κ2) is 7.09. The second-order valence-corrected chi connectivity index (χ2v) is 6.44. The summed E-state index contributed by atoms with van der Waals surface area (Å²) in [6, 6.07) is 6.60. The van der Waals surface area contributed by atoms with E-state index in [4.69, 9.17) is 0 Å². The molecule has 1 atom stereocenters. The van der Waals surface area contributed by atoms with Crippen molar-refractivity contribution in [2.24, 2.45) is 5.92 Å². The fourth-order valence-electron chi connectivity index (χ4n) is 3.46. The van der Waals surface area contributed by atoms with E-state index in [1.54, 1.807) is 0 Å². The maximum absolute atomic E-state index is 10.2. The molecule has 19 heavy (non-hydrogen) atoms. The highest BCUT2D eigenvalue weighted by atomic mass is 16.3. The third-order valence-electron chi connectivity index (χ3n) is 4.39. The van der Waals surface area contributed by atoms with Crippen molar-refractivity contribution in [3.05, 3.63) is 34.9 Å². The molecule has 1 nitrogen and oxygen atoms in total. The molecule has 0 spiro atoms. The lowest BCUT2D eigenvalue weighted by molar-refractivity contribution is 0.149. The molecule has 0 saturated heterocycles. The predicted octanol–water partition coefficient (Wildman–Crippen LogP) is 4.57. The summed E-state index contributed by atoms with van der Waals surface area (Å²) < 4.78 is 0. The largest absolute Gasteiger partial charge is 0.393 e. The zero-order chi connectivity index (χ0) is 13.7. The molecule has 1 aliphatic carbocycles. The lowest BCUT2D eigenvalue weighted by Crippen LogP contribution is -2.14. The summed E-state index contributed by atoms with van der Waals surface area (Å²) in [5.74, 6) is 0.877. The van der Waals surface area contributed by atoms with Crippen LogP contribution in [-0.4, -0.2) is 11.2 Å². The Morgan fingerprint density at radius 2 is 1.68 bits per heavy atom. The fourth-order valence-corrected chi connectivity index (χ4v) is 3.46. The first kappa shape index (κ1) is 14.6. The fraction of sp³-hybridized carbons (Fsp3) is 0.667. The molecule has 0 heterocycles. The van der Waals surface area contributed by atoms with E-state index in [0.717, 1.165) is 18.8 Å². The van der Waals surface area contributed by atoms with E-state index in [1.165, 1.54) is 55.2 Å². The Bertz CT molecular complexity index is 370. The molecule has 106 valence electrons. The summed E-state index contributed by atoms with van der Waals surface area (Å²) in [6.45, 7) is 4.26. The molecule has 0 aliphatic heterocycles. The molecule has 1 aliphatic rings. The number of aliphatic hydroxyl groups is 1. The zero-order valence-corrected chi connectivity index (χ0v) is 12.5. The van der Waals surface area contributed by atoms with Crippen LogP contribution in [0.2, 0.25) is 0 Å². The number of aliphatic hydroxyl groups excluding tert-OH is 1. The van der Waals surface area contributed by atoms with Gasteiger partial charge in [-0.15, -0.1) is 0 Å². The third-order valence-corrected chi connectivity index (χ3v) is 4.39. The van der Waals surface area contributed by atoms with Gasteiger partial charge in [-0.25, -0.2) is 0 Å². The minimum Gasteiger partial charge on any atom is -0.393 e. The summed E-state index contributed by atoms with van der Waals surface area (Å²) >= 11 is 0. The number of aryl methyl sites for hydroxylation is 2. The van der Waals surface area contributed by atoms with Crippen LogP contribution >= 0.6 is 0 Å². The predicted molar refractivity (Wildman–Crippen MR) is 81.4 cm³/mol. The molecule has 1 fully saturated rings. The van der Waals surface area contributed by atoms with Crippen LogP contribution in [-0.2, 0) is 6.42 Å². The molecule has 1 aromatic rings. The molecular weight excluding hydrogens is 232 g/mol. The van der Waals surface area contributed by atoms with Crippen molar-refractivity contribution in [2.75, 3.05) is 0 Å². The average Bonchev–Trinajstić information content (AvgIpc) is 2.36. The summed E-state index contributed by atoms with van der Waals surface area (Å²) in [4.78, 5) is 0. The Labute approximate surface area is 118 Å². The van der Waals surface area contributed by atoms with Gasteiger partial charge in [0.05, 0.1) is 6.10 Å². The van der Waals surface area contributed by atoms with Gasteiger partial charge in [-0.05, 0) is 44.6 Å². The van der Waals surface area contributed by atoms with Crippen LogP contribution < -0.4 is 0 Å². The van der Waals surface area contributed by atoms with Crippen LogP contribution in [0, 0.1) is 19.8 Å². The van der Waals surface area contributed by atoms with Gasteiger partial charge in [0, 0.05) is 0 Å². The highest BCUT2D eigenvalue weighted by Crippen LogP contribution is 2.28. The Morgan fingerprint density at radius 1 is 1.05 bits per heavy atom. The molecule has 0 bridgehead atoms. The molecular formula is C18H28O. The third kappa shape index (κ3) is 4.99. The molecule has 1 N–H and O–H groups in total. The Kier molecular flexibility index (Phi) is 5.45. The van der Waals surface area contributed by atoms with Crippen LogP contribution in [0.4, 0.5) is 0 Å². The van der Waals surface area contributed by atoms with Crippen LogP contribution in [0.15, 0.2) is 18.2 Å². The van der Waals surface area contributed by atoms with E-state index in [1.807, 2.05) is 0 Å². The summed E-state index contributed by atoms with van der Waals surface area (Å²) in [5, 5.41) is 10.2. The quantitative estimate of drug-likeness (QED) is 0.822. The lowest BCUT2D eigenvalue weighted by Gasteiger charge is -2.22. The molecule has 0 amide bonds. The molecule has 1 heteroatoms. The minimum absolute atomic E-state index is 0.164. The van der Waals surface area contributed by atoms with Crippen LogP contribution in [0.3, 0.4) is 0 Å². The maximum Gasteiger partial charge on any atom is 0.0580 e. The van der Waals surface area contributed by atoms with E-state index in [2.05, 4.69) is 32.0 Å². The topological polar surface area (TPSA) is 20.2 Å². The van der Waals surface area contributed by atoms with E-state index in [9.17, 15) is 5.11 Å². The minimum atomic E-state index is -0.164. The van der Waals surface area contributed by atoms with Crippen molar-refractivity contribution in [1.29, 1.82) is 0 Å². The van der Waals surface area contributed by atoms with E-state index < -0.39 is 0 Å². The van der Waals surface area contributed by atoms with Crippen LogP contribution in [0.25, 0.3) is 0 Å². The monoisotopic (exact) mass is 260 g/mol. The Morgan fingerprint density at radius 3 is 2.32 bits per heavy atom. The Balaban J connectivity index is 1.78. The van der Waals surface area contributed by atoms with Gasteiger partial charge in [0.1, 0.15) is 0 Å². The van der Waals surface area contributed by atoms with E-state index in [-0.39, 0.29) is 6.10 Å². The van der Waals surface area contributed by atoms with Crippen molar-refractivity contribution in [3.63, 3.8) is 0 Å². The summed E-state index contributed by atoms with van der Waals surface area (Å²) in [5.41, 5.74) is 3.89. The van der Waals surface area contributed by atoms with Crippen molar-refractivity contribution >= 4 is 0 Å². The SMILES string of the molecule is Cc1cc(C)cc(CC(O)CCC2CCCCC2)c1. The van der Waals surface area contributed by atoms with Crippen molar-refractivity contribution in [1.82, 2.24) is 0 Å². The number of benzene rings is 1. The highest BCUT2D eigenvalue weighted by Gasteiger charge is 2.15. The molecule has 1 aromatic carbocycles. The zero-order valence-electron chi connectivity index (χ0n) is 12.5. The molecule has 1 saturated carbocycles. The van der Waals surface area contributed by atoms with E-state index >= 15 is 0 Å². The average molecular weight is 260 g/mol. The lowest BCUT2D eigenvalue weighted by atomic mass is 9.85. The number of hydrogen-bond acceptors (Lipinski definition) is 1. The Hall–Kier alpha value is -0.820. The number of rotatable bonds is 5. The normalized spacial score (nSPS) is 18.5. The van der Waals surface area contributed by atoms with Gasteiger partial charge in [-0.1, -0.05) is 61.4 Å². The van der Waals surface area contributed by atoms with Crippen molar-refractivity contribution in [3.8, 4) is 0 Å². The van der Waals surface area contributed by atoms with Gasteiger partial charge in [0.2, 0.25) is 0 Å². The summed E-state index contributed by atoms with van der Waals surface area (Å²) in [6.07, 6.45) is 9.83. The van der Waals surface area contributed by atoms with Crippen LogP contribution in [0.1, 0.15) is 61.6 Å². The second-order valence-electron chi connectivity index (χ2n) is 6.44. The van der Waals surface area contributed by atoms with Gasteiger partial charge in [0.15, 0.2) is 0 Å². The van der Waals surface area contributed by atoms with E-state index in [0.29, 0.717) is 0 Å². The first-order valence-corrected chi connectivity index (χ1v) is 7.89. The van der Waals surface area contributed by atoms with Gasteiger partial charge in [-0.2, -0.15) is 0 Å². The van der Waals surface area contributed by atoms with Crippen molar-refractivity contribution in [2.45, 2.75) is 71.3 Å². The molecule has 0 radical (unpaired) electrons. The number of hydrogen-bond donors (Lipinski definition) is 1. The summed E-state index contributed by atoms with van der Waals surface area (Å²) in [7, 11) is 0. The van der Waals surface area contributed by atoms with Gasteiger partial charge >= 0.3 is 0 Å². The molecule has 1 unspecified atom stereocenters. The smallest absolute Gasteiger partial charge is 0.0580 e. The van der Waals surface area contributed by atoms with Crippen molar-refractivity contribution < 1.29 is 5.11 Å². The first-order chi connectivity index (χ1) is 9.13.